The highest BCUT2D eigenvalue weighted by Gasteiger charge is 2.14. The molecule has 0 spiro atoms. The predicted molar refractivity (Wildman–Crippen MR) is 102 cm³/mol. The number of nitrogens with zero attached hydrogens (tertiary/aromatic N) is 4. The molecular formula is C20H25N5O. The van der Waals surface area contributed by atoms with Crippen LogP contribution in [0.15, 0.2) is 42.9 Å². The molecule has 0 aliphatic rings. The minimum absolute atomic E-state index is 0.162. The van der Waals surface area contributed by atoms with E-state index in [0.717, 1.165) is 30.8 Å². The van der Waals surface area contributed by atoms with Crippen LogP contribution in [0.4, 0.5) is 0 Å². The number of aromatic nitrogens is 3. The van der Waals surface area contributed by atoms with Crippen molar-refractivity contribution < 1.29 is 4.79 Å². The minimum Gasteiger partial charge on any atom is -0.348 e. The molecule has 0 saturated heterocycles. The first-order valence-electron chi connectivity index (χ1n) is 8.99. The average molecular weight is 351 g/mol. The van der Waals surface area contributed by atoms with E-state index in [1.807, 2.05) is 37.5 Å². The van der Waals surface area contributed by atoms with Gasteiger partial charge in [0, 0.05) is 31.0 Å². The van der Waals surface area contributed by atoms with Crippen molar-refractivity contribution in [1.82, 2.24) is 24.8 Å². The normalized spacial score (nSPS) is 11.2. The summed E-state index contributed by atoms with van der Waals surface area (Å²) in [5.74, 6) is -0.162. The van der Waals surface area contributed by atoms with Crippen LogP contribution in [0.25, 0.3) is 5.65 Å². The Kier molecular flexibility index (Phi) is 5.63. The van der Waals surface area contributed by atoms with Gasteiger partial charge in [0.25, 0.3) is 5.91 Å². The van der Waals surface area contributed by atoms with E-state index in [1.54, 1.807) is 10.7 Å². The highest BCUT2D eigenvalue weighted by Crippen LogP contribution is 2.11. The maximum Gasteiger partial charge on any atom is 0.257 e. The predicted octanol–water partition coefficient (Wildman–Crippen LogP) is 2.81. The number of carbonyl (C=O) groups excluding carboxylic acids is 1. The summed E-state index contributed by atoms with van der Waals surface area (Å²) in [6.45, 7) is 9.60. The van der Waals surface area contributed by atoms with E-state index in [1.165, 1.54) is 5.56 Å². The summed E-state index contributed by atoms with van der Waals surface area (Å²) in [6.07, 6.45) is 5.35. The molecule has 0 unspecified atom stereocenters. The number of amides is 1. The van der Waals surface area contributed by atoms with Gasteiger partial charge < -0.3 is 5.32 Å². The molecule has 136 valence electrons. The zero-order valence-corrected chi connectivity index (χ0v) is 15.6. The van der Waals surface area contributed by atoms with Gasteiger partial charge in [-0.25, -0.2) is 9.50 Å². The second-order valence-corrected chi connectivity index (χ2v) is 6.42. The van der Waals surface area contributed by atoms with Crippen molar-refractivity contribution in [2.45, 2.75) is 33.9 Å². The molecule has 0 aliphatic heterocycles. The summed E-state index contributed by atoms with van der Waals surface area (Å²) in [5.41, 5.74) is 4.40. The van der Waals surface area contributed by atoms with Gasteiger partial charge in [-0.2, -0.15) is 5.10 Å². The van der Waals surface area contributed by atoms with Gasteiger partial charge in [0.05, 0.1) is 6.20 Å². The molecule has 0 atom stereocenters. The number of benzene rings is 1. The summed E-state index contributed by atoms with van der Waals surface area (Å²) in [5, 5.41) is 7.25. The van der Waals surface area contributed by atoms with Gasteiger partial charge in [0.2, 0.25) is 0 Å². The van der Waals surface area contributed by atoms with E-state index in [4.69, 9.17) is 0 Å². The van der Waals surface area contributed by atoms with Gasteiger partial charge in [0.15, 0.2) is 5.65 Å². The van der Waals surface area contributed by atoms with E-state index >= 15 is 0 Å². The summed E-state index contributed by atoms with van der Waals surface area (Å²) < 4.78 is 1.68. The Morgan fingerprint density at radius 2 is 2.00 bits per heavy atom. The maximum atomic E-state index is 12.5. The number of fused-ring (bicyclic) bond motifs is 1. The average Bonchev–Trinajstić information content (AvgIpc) is 3.07. The Labute approximate surface area is 153 Å². The second kappa shape index (κ2) is 8.10. The van der Waals surface area contributed by atoms with Gasteiger partial charge in [0.1, 0.15) is 5.56 Å². The zero-order valence-electron chi connectivity index (χ0n) is 15.6. The van der Waals surface area contributed by atoms with E-state index < -0.39 is 0 Å². The molecule has 1 amide bonds. The fourth-order valence-electron chi connectivity index (χ4n) is 2.96. The Morgan fingerprint density at radius 1 is 1.19 bits per heavy atom. The molecule has 1 N–H and O–H groups in total. The Morgan fingerprint density at radius 3 is 2.73 bits per heavy atom. The first-order chi connectivity index (χ1) is 12.6. The maximum absolute atomic E-state index is 12.5. The molecule has 26 heavy (non-hydrogen) atoms. The van der Waals surface area contributed by atoms with E-state index in [2.05, 4.69) is 40.2 Å². The lowest BCUT2D eigenvalue weighted by atomic mass is 10.1. The third-order valence-corrected chi connectivity index (χ3v) is 4.49. The smallest absolute Gasteiger partial charge is 0.257 e. The van der Waals surface area contributed by atoms with Crippen LogP contribution >= 0.6 is 0 Å². The summed E-state index contributed by atoms with van der Waals surface area (Å²) in [4.78, 5) is 19.3. The molecule has 0 aliphatic carbocycles. The molecule has 2 aromatic heterocycles. The van der Waals surface area contributed by atoms with Crippen molar-refractivity contribution in [1.29, 1.82) is 0 Å². The van der Waals surface area contributed by atoms with E-state index in [0.29, 0.717) is 17.8 Å². The number of hydrogen-bond acceptors (Lipinski definition) is 4. The highest BCUT2D eigenvalue weighted by molar-refractivity contribution is 5.99. The highest BCUT2D eigenvalue weighted by atomic mass is 16.1. The lowest BCUT2D eigenvalue weighted by Crippen LogP contribution is -2.23. The van der Waals surface area contributed by atoms with Gasteiger partial charge in [-0.3, -0.25) is 9.69 Å². The van der Waals surface area contributed by atoms with Crippen LogP contribution < -0.4 is 5.32 Å². The topological polar surface area (TPSA) is 62.5 Å². The third kappa shape index (κ3) is 4.08. The van der Waals surface area contributed by atoms with Crippen LogP contribution in [0.1, 0.15) is 40.9 Å². The molecule has 0 fully saturated rings. The number of hydrogen-bond donors (Lipinski definition) is 1. The number of rotatable bonds is 7. The molecule has 2 heterocycles. The number of carbonyl (C=O) groups is 1. The quantitative estimate of drug-likeness (QED) is 0.711. The van der Waals surface area contributed by atoms with E-state index in [9.17, 15) is 4.79 Å². The molecular weight excluding hydrogens is 326 g/mol. The van der Waals surface area contributed by atoms with Gasteiger partial charge in [-0.1, -0.05) is 43.7 Å². The summed E-state index contributed by atoms with van der Waals surface area (Å²) in [6, 6.07) is 8.09. The van der Waals surface area contributed by atoms with Gasteiger partial charge >= 0.3 is 0 Å². The monoisotopic (exact) mass is 351 g/mol. The van der Waals surface area contributed by atoms with Crippen molar-refractivity contribution in [2.75, 3.05) is 13.1 Å². The first-order valence-corrected chi connectivity index (χ1v) is 8.99. The summed E-state index contributed by atoms with van der Waals surface area (Å²) >= 11 is 0. The van der Waals surface area contributed by atoms with E-state index in [-0.39, 0.29) is 5.91 Å². The van der Waals surface area contributed by atoms with Crippen molar-refractivity contribution in [3.8, 4) is 0 Å². The first kappa shape index (κ1) is 18.1. The fraction of sp³-hybridized carbons (Fsp3) is 0.350. The Hall–Kier alpha value is -2.73. The molecule has 3 rings (SSSR count). The molecule has 6 heteroatoms. The molecule has 0 radical (unpaired) electrons. The fourth-order valence-corrected chi connectivity index (χ4v) is 2.96. The molecule has 6 nitrogen and oxygen atoms in total. The third-order valence-electron chi connectivity index (χ3n) is 4.49. The summed E-state index contributed by atoms with van der Waals surface area (Å²) in [7, 11) is 0. The SMILES string of the molecule is CCN(CC)Cc1cnc2c(C(=O)NCc3cccc(C)c3)cnn2c1. The van der Waals surface area contributed by atoms with Gasteiger partial charge in [-0.05, 0) is 25.6 Å². The molecule has 0 saturated carbocycles. The lowest BCUT2D eigenvalue weighted by molar-refractivity contribution is 0.0952. The molecule has 0 bridgehead atoms. The van der Waals surface area contributed by atoms with Crippen LogP contribution in [0.2, 0.25) is 0 Å². The van der Waals surface area contributed by atoms with Crippen molar-refractivity contribution in [3.05, 3.63) is 65.1 Å². The minimum atomic E-state index is -0.162. The Balaban J connectivity index is 1.72. The van der Waals surface area contributed by atoms with Gasteiger partial charge in [-0.15, -0.1) is 0 Å². The van der Waals surface area contributed by atoms with Crippen molar-refractivity contribution in [2.24, 2.45) is 0 Å². The standard InChI is InChI=1S/C20H25N5O/c1-4-24(5-2)13-17-11-21-19-18(12-23-25(19)14-17)20(26)22-10-16-8-6-7-15(3)9-16/h6-9,11-12,14H,4-5,10,13H2,1-3H3,(H,22,26). The second-order valence-electron chi connectivity index (χ2n) is 6.42. The molecule has 1 aromatic carbocycles. The van der Waals surface area contributed by atoms with Crippen molar-refractivity contribution in [3.63, 3.8) is 0 Å². The van der Waals surface area contributed by atoms with Crippen LogP contribution in [0.5, 0.6) is 0 Å². The number of nitrogens with one attached hydrogen (secondary N) is 1. The lowest BCUT2D eigenvalue weighted by Gasteiger charge is -2.17. The molecule has 3 aromatic rings. The largest absolute Gasteiger partial charge is 0.348 e. The van der Waals surface area contributed by atoms with Crippen LogP contribution in [-0.2, 0) is 13.1 Å². The van der Waals surface area contributed by atoms with Crippen molar-refractivity contribution >= 4 is 11.6 Å². The van der Waals surface area contributed by atoms with Crippen LogP contribution in [-0.4, -0.2) is 38.5 Å². The Bertz CT molecular complexity index is 898. The number of aryl methyl sites for hydroxylation is 1. The van der Waals surface area contributed by atoms with Crippen LogP contribution in [0, 0.1) is 6.92 Å². The van der Waals surface area contributed by atoms with Crippen LogP contribution in [0.3, 0.4) is 0 Å². The zero-order chi connectivity index (χ0) is 18.5.